The van der Waals surface area contributed by atoms with Crippen molar-refractivity contribution in [2.45, 2.75) is 18.9 Å². The molecule has 0 atom stereocenters. The van der Waals surface area contributed by atoms with Crippen molar-refractivity contribution >= 4 is 20.7 Å². The monoisotopic (exact) mass is 334 g/mol. The smallest absolute Gasteiger partial charge is 0.267 e. The zero-order valence-electron chi connectivity index (χ0n) is 12.9. The van der Waals surface area contributed by atoms with Crippen molar-refractivity contribution in [3.8, 4) is 11.4 Å². The highest BCUT2D eigenvalue weighted by molar-refractivity contribution is 7.90. The van der Waals surface area contributed by atoms with E-state index in [0.717, 1.165) is 6.26 Å². The number of aromatic nitrogens is 4. The maximum absolute atomic E-state index is 11.9. The summed E-state index contributed by atoms with van der Waals surface area (Å²) in [7, 11) is -3.68. The van der Waals surface area contributed by atoms with Crippen LogP contribution in [0.2, 0.25) is 0 Å². The minimum Gasteiger partial charge on any atom is -0.267 e. The summed E-state index contributed by atoms with van der Waals surface area (Å²) < 4.78 is 23.8. The summed E-state index contributed by atoms with van der Waals surface area (Å²) >= 11 is 0. The van der Waals surface area contributed by atoms with Crippen molar-refractivity contribution in [3.63, 3.8) is 0 Å². The number of hydrogen-bond donors (Lipinski definition) is 1. The molecule has 1 aromatic carbocycles. The Bertz CT molecular complexity index is 989. The Morgan fingerprint density at radius 3 is 2.35 bits per heavy atom. The summed E-state index contributed by atoms with van der Waals surface area (Å²) in [6, 6.07) is 8.92. The molecule has 0 bridgehead atoms. The second-order valence-corrected chi connectivity index (χ2v) is 6.38. The topological polar surface area (TPSA) is 106 Å². The first-order valence-electron chi connectivity index (χ1n) is 6.98. The quantitative estimate of drug-likeness (QED) is 0.719. The molecule has 0 amide bonds. The summed E-state index contributed by atoms with van der Waals surface area (Å²) in [6.45, 7) is 4.00. The number of nitrogens with one attached hydrogen (secondary N) is 1. The molecule has 0 fully saturated rings. The van der Waals surface area contributed by atoms with Crippen molar-refractivity contribution in [1.82, 2.24) is 20.2 Å². The van der Waals surface area contributed by atoms with Gasteiger partial charge in [0, 0.05) is 13.2 Å². The molecule has 1 N–H and O–H groups in total. The van der Waals surface area contributed by atoms with Gasteiger partial charge in [-0.15, -0.1) is 0 Å². The predicted octanol–water partition coefficient (Wildman–Crippen LogP) is 2.06. The number of nitrogens with zero attached hydrogens (tertiary/aromatic N) is 3. The molecule has 3 aromatic rings. The predicted molar refractivity (Wildman–Crippen MR) is 90.0 cm³/mol. The van der Waals surface area contributed by atoms with Crippen molar-refractivity contribution in [2.24, 2.45) is 0 Å². The van der Waals surface area contributed by atoms with Gasteiger partial charge >= 0.3 is 0 Å². The van der Waals surface area contributed by atoms with Gasteiger partial charge in [-0.05, 0) is 0 Å². The highest BCUT2D eigenvalue weighted by Crippen LogP contribution is 2.21. The third kappa shape index (κ3) is 3.42. The van der Waals surface area contributed by atoms with Crippen LogP contribution in [0.15, 0.2) is 46.3 Å². The molecular formula is C15H18N4O3S. The number of rotatable bonds is 2. The van der Waals surface area contributed by atoms with E-state index in [-0.39, 0.29) is 23.2 Å². The van der Waals surface area contributed by atoms with Crippen LogP contribution >= 0.6 is 0 Å². The lowest BCUT2D eigenvalue weighted by atomic mass is 10.2. The molecule has 0 radical (unpaired) electrons. The van der Waals surface area contributed by atoms with E-state index in [2.05, 4.69) is 20.2 Å². The third-order valence-corrected chi connectivity index (χ3v) is 3.86. The molecule has 2 heterocycles. The van der Waals surface area contributed by atoms with E-state index in [1.165, 1.54) is 6.20 Å². The van der Waals surface area contributed by atoms with Gasteiger partial charge in [-0.3, -0.25) is 4.79 Å². The van der Waals surface area contributed by atoms with E-state index in [1.807, 2.05) is 19.9 Å². The molecule has 0 saturated heterocycles. The Kier molecular flexibility index (Phi) is 4.85. The number of hydrogen-bond acceptors (Lipinski definition) is 6. The molecule has 8 heteroatoms. The van der Waals surface area contributed by atoms with Crippen LogP contribution in [0.1, 0.15) is 15.3 Å². The molecular weight excluding hydrogens is 316 g/mol. The molecule has 122 valence electrons. The van der Waals surface area contributed by atoms with Crippen LogP contribution in [0.25, 0.3) is 22.3 Å². The number of fused-ring (bicyclic) bond motifs is 1. The van der Waals surface area contributed by atoms with Crippen LogP contribution < -0.4 is 5.56 Å². The number of H-pyrrole nitrogens is 1. The van der Waals surface area contributed by atoms with E-state index in [0.29, 0.717) is 5.56 Å². The second kappa shape index (κ2) is 6.66. The van der Waals surface area contributed by atoms with E-state index < -0.39 is 15.4 Å². The Labute approximate surface area is 134 Å². The van der Waals surface area contributed by atoms with Gasteiger partial charge in [-0.1, -0.05) is 44.2 Å². The Balaban J connectivity index is 0.000000925. The van der Waals surface area contributed by atoms with Gasteiger partial charge in [-0.2, -0.15) is 5.10 Å². The van der Waals surface area contributed by atoms with Crippen LogP contribution in [0.3, 0.4) is 0 Å². The van der Waals surface area contributed by atoms with Crippen molar-refractivity contribution in [3.05, 3.63) is 46.9 Å². The van der Waals surface area contributed by atoms with Crippen LogP contribution in [0.4, 0.5) is 0 Å². The molecule has 23 heavy (non-hydrogen) atoms. The fraction of sp³-hybridized carbons (Fsp3) is 0.200. The number of sulfone groups is 1. The summed E-state index contributed by atoms with van der Waals surface area (Å²) in [4.78, 5) is 20.1. The second-order valence-electron chi connectivity index (χ2n) is 4.45. The minimum absolute atomic E-state index is 0. The standard InChI is InChI=1S/C13H10N4O3S.C2H6.H2/c1-21(19,20)13-10-9(7-14-17-12(10)18)15-11(16-13)8-5-3-2-4-6-8;1-2;/h2-7H,1H3,(H,17,18);1-2H3;1H. The van der Waals surface area contributed by atoms with Crippen molar-refractivity contribution < 1.29 is 9.84 Å². The highest BCUT2D eigenvalue weighted by atomic mass is 32.2. The van der Waals surface area contributed by atoms with Crippen LogP contribution in [-0.2, 0) is 9.84 Å². The van der Waals surface area contributed by atoms with Crippen LogP contribution in [0, 0.1) is 0 Å². The Morgan fingerprint density at radius 2 is 1.74 bits per heavy atom. The lowest BCUT2D eigenvalue weighted by molar-refractivity contribution is 0.599. The zero-order valence-corrected chi connectivity index (χ0v) is 13.8. The average Bonchev–Trinajstić information content (AvgIpc) is 2.56. The zero-order chi connectivity index (χ0) is 17.0. The SMILES string of the molecule is CC.CS(=O)(=O)c1nc(-c2ccccc2)nc2cn[nH]c(=O)c12.[HH]. The lowest BCUT2D eigenvalue weighted by Crippen LogP contribution is -2.15. The van der Waals surface area contributed by atoms with Crippen LogP contribution in [-0.4, -0.2) is 34.8 Å². The normalized spacial score (nSPS) is 10.9. The molecule has 0 unspecified atom stereocenters. The lowest BCUT2D eigenvalue weighted by Gasteiger charge is -2.06. The van der Waals surface area contributed by atoms with Crippen LogP contribution in [0.5, 0.6) is 0 Å². The number of aromatic amines is 1. The average molecular weight is 334 g/mol. The fourth-order valence-corrected chi connectivity index (χ4v) is 2.78. The maximum atomic E-state index is 11.9. The molecule has 0 saturated carbocycles. The molecule has 0 spiro atoms. The van der Waals surface area contributed by atoms with E-state index in [9.17, 15) is 13.2 Å². The van der Waals surface area contributed by atoms with Gasteiger partial charge < -0.3 is 0 Å². The fourth-order valence-electron chi connectivity index (χ4n) is 1.96. The summed E-state index contributed by atoms with van der Waals surface area (Å²) in [5.74, 6) is 0.232. The van der Waals surface area contributed by atoms with E-state index >= 15 is 0 Å². The minimum atomic E-state index is -3.68. The first-order chi connectivity index (χ1) is 11.0. The number of benzene rings is 1. The van der Waals surface area contributed by atoms with E-state index in [1.54, 1.807) is 24.3 Å². The third-order valence-electron chi connectivity index (χ3n) is 2.87. The first kappa shape index (κ1) is 16.8. The Morgan fingerprint density at radius 1 is 1.09 bits per heavy atom. The molecule has 0 aliphatic rings. The van der Waals surface area contributed by atoms with Gasteiger partial charge in [0.1, 0.15) is 10.9 Å². The van der Waals surface area contributed by atoms with Gasteiger partial charge in [0.25, 0.3) is 5.56 Å². The maximum Gasteiger partial charge on any atom is 0.276 e. The summed E-state index contributed by atoms with van der Waals surface area (Å²) in [6.07, 6.45) is 2.31. The van der Waals surface area contributed by atoms with E-state index in [4.69, 9.17) is 0 Å². The van der Waals surface area contributed by atoms with Gasteiger partial charge in [-0.25, -0.2) is 23.5 Å². The molecule has 7 nitrogen and oxygen atoms in total. The van der Waals surface area contributed by atoms with Gasteiger partial charge in [0.2, 0.25) is 0 Å². The summed E-state index contributed by atoms with van der Waals surface area (Å²) in [5, 5.41) is 5.47. The first-order valence-corrected chi connectivity index (χ1v) is 8.87. The molecule has 3 rings (SSSR count). The largest absolute Gasteiger partial charge is 0.276 e. The molecule has 0 aliphatic heterocycles. The van der Waals surface area contributed by atoms with Crippen molar-refractivity contribution in [1.29, 1.82) is 0 Å². The summed E-state index contributed by atoms with van der Waals surface area (Å²) in [5.41, 5.74) is 0.213. The highest BCUT2D eigenvalue weighted by Gasteiger charge is 2.20. The Hall–Kier alpha value is -2.61. The van der Waals surface area contributed by atoms with Gasteiger partial charge in [0.15, 0.2) is 20.7 Å². The molecule has 2 aromatic heterocycles. The van der Waals surface area contributed by atoms with Crippen molar-refractivity contribution in [2.75, 3.05) is 6.26 Å². The molecule has 0 aliphatic carbocycles. The van der Waals surface area contributed by atoms with Gasteiger partial charge in [0.05, 0.1) is 6.20 Å².